The zero-order chi connectivity index (χ0) is 10.3. The van der Waals surface area contributed by atoms with Crippen LogP contribution < -0.4 is 11.2 Å². The fraction of sp³-hybridized carbons (Fsp3) is 0.500. The molecule has 0 aromatic heterocycles. The van der Waals surface area contributed by atoms with Crippen LogP contribution in [-0.2, 0) is 19.2 Å². The third kappa shape index (κ3) is 8.27. The van der Waals surface area contributed by atoms with Crippen LogP contribution in [0.5, 0.6) is 0 Å². The van der Waals surface area contributed by atoms with Gasteiger partial charge in [-0.2, -0.15) is 0 Å². The van der Waals surface area contributed by atoms with Crippen molar-refractivity contribution in [1.29, 1.82) is 0 Å². The second-order valence-corrected chi connectivity index (χ2v) is 2.17. The molecule has 0 aliphatic rings. The van der Waals surface area contributed by atoms with Gasteiger partial charge in [-0.1, -0.05) is 0 Å². The van der Waals surface area contributed by atoms with Gasteiger partial charge in [-0.3, -0.25) is 19.2 Å². The Morgan fingerprint density at radius 1 is 1.31 bits per heavy atom. The zero-order valence-electron chi connectivity index (χ0n) is 6.78. The van der Waals surface area contributed by atoms with Crippen LogP contribution >= 0.6 is 0 Å². The van der Waals surface area contributed by atoms with Crippen LogP contribution in [0.2, 0.25) is 0 Å². The molecule has 13 heavy (non-hydrogen) atoms. The molecular formula is C6H10N2O5. The summed E-state index contributed by atoms with van der Waals surface area (Å²) >= 11 is 0. The van der Waals surface area contributed by atoms with Crippen molar-refractivity contribution in [2.24, 2.45) is 5.73 Å². The van der Waals surface area contributed by atoms with E-state index in [2.05, 4.69) is 4.84 Å². The molecule has 0 spiro atoms. The fourth-order valence-electron chi connectivity index (χ4n) is 0.459. The van der Waals surface area contributed by atoms with Crippen LogP contribution in [0.25, 0.3) is 0 Å². The van der Waals surface area contributed by atoms with E-state index in [1.165, 1.54) is 0 Å². The van der Waals surface area contributed by atoms with Crippen molar-refractivity contribution in [3.63, 3.8) is 0 Å². The van der Waals surface area contributed by atoms with Gasteiger partial charge >= 0.3 is 5.97 Å². The molecule has 0 heterocycles. The van der Waals surface area contributed by atoms with Crippen molar-refractivity contribution in [3.8, 4) is 0 Å². The van der Waals surface area contributed by atoms with Crippen LogP contribution in [0.15, 0.2) is 0 Å². The number of primary amides is 1. The van der Waals surface area contributed by atoms with Gasteiger partial charge < -0.3 is 10.8 Å². The Morgan fingerprint density at radius 3 is 2.38 bits per heavy atom. The molecule has 4 N–H and O–H groups in total. The van der Waals surface area contributed by atoms with Crippen LogP contribution in [0.4, 0.5) is 0 Å². The summed E-state index contributed by atoms with van der Waals surface area (Å²) in [5.74, 6) is -2.41. The van der Waals surface area contributed by atoms with Gasteiger partial charge in [0.05, 0.1) is 6.42 Å². The molecule has 0 aliphatic heterocycles. The molecule has 0 aromatic rings. The maximum atomic E-state index is 10.7. The lowest BCUT2D eigenvalue weighted by molar-refractivity contribution is -0.143. The standard InChI is InChI=1S/C6H10N2O5/c7-4(9)3-13-8-5(10)1-2-6(11)12/h1-3H2,(H2,7,9)(H,8,10)(H,11,12). The van der Waals surface area contributed by atoms with Crippen molar-refractivity contribution >= 4 is 17.8 Å². The molecular weight excluding hydrogens is 180 g/mol. The highest BCUT2D eigenvalue weighted by molar-refractivity contribution is 5.80. The number of nitrogens with two attached hydrogens (primary N) is 1. The highest BCUT2D eigenvalue weighted by Gasteiger charge is 2.05. The number of rotatable bonds is 6. The summed E-state index contributed by atoms with van der Waals surface area (Å²) in [4.78, 5) is 35.1. The molecule has 7 nitrogen and oxygen atoms in total. The Balaban J connectivity index is 3.41. The predicted molar refractivity (Wildman–Crippen MR) is 40.2 cm³/mol. The molecule has 0 aliphatic carbocycles. The molecule has 0 radical (unpaired) electrons. The van der Waals surface area contributed by atoms with Crippen LogP contribution in [0.3, 0.4) is 0 Å². The first kappa shape index (κ1) is 11.4. The van der Waals surface area contributed by atoms with Crippen molar-refractivity contribution < 1.29 is 24.3 Å². The lowest BCUT2D eigenvalue weighted by Crippen LogP contribution is -2.29. The zero-order valence-corrected chi connectivity index (χ0v) is 6.78. The lowest BCUT2D eigenvalue weighted by atomic mass is 10.3. The second-order valence-electron chi connectivity index (χ2n) is 2.17. The molecule has 0 fully saturated rings. The number of hydrogen-bond acceptors (Lipinski definition) is 4. The van der Waals surface area contributed by atoms with E-state index in [4.69, 9.17) is 10.8 Å². The van der Waals surface area contributed by atoms with Crippen molar-refractivity contribution in [2.75, 3.05) is 6.61 Å². The molecule has 0 rings (SSSR count). The Kier molecular flexibility index (Phi) is 5.20. The maximum Gasteiger partial charge on any atom is 0.303 e. The fourth-order valence-corrected chi connectivity index (χ4v) is 0.459. The molecule has 2 amide bonds. The Hall–Kier alpha value is -1.63. The minimum Gasteiger partial charge on any atom is -0.481 e. The second kappa shape index (κ2) is 5.95. The molecule has 0 saturated carbocycles. The van der Waals surface area contributed by atoms with E-state index in [-0.39, 0.29) is 12.8 Å². The van der Waals surface area contributed by atoms with E-state index in [0.29, 0.717) is 0 Å². The van der Waals surface area contributed by atoms with Gasteiger partial charge in [-0.05, 0) is 0 Å². The molecule has 0 bridgehead atoms. The number of carbonyl (C=O) groups excluding carboxylic acids is 2. The van der Waals surface area contributed by atoms with Gasteiger partial charge in [0, 0.05) is 6.42 Å². The monoisotopic (exact) mass is 190 g/mol. The van der Waals surface area contributed by atoms with Gasteiger partial charge in [-0.15, -0.1) is 0 Å². The number of hydroxylamine groups is 1. The van der Waals surface area contributed by atoms with E-state index in [1.54, 1.807) is 0 Å². The SMILES string of the molecule is NC(=O)CONC(=O)CCC(=O)O. The van der Waals surface area contributed by atoms with E-state index >= 15 is 0 Å². The minimum absolute atomic E-state index is 0.200. The van der Waals surface area contributed by atoms with Crippen LogP contribution in [-0.4, -0.2) is 29.5 Å². The van der Waals surface area contributed by atoms with Crippen molar-refractivity contribution in [1.82, 2.24) is 5.48 Å². The normalized spacial score (nSPS) is 9.23. The average molecular weight is 190 g/mol. The summed E-state index contributed by atoms with van der Waals surface area (Å²) in [5, 5.41) is 8.18. The molecule has 7 heteroatoms. The first-order chi connectivity index (χ1) is 6.02. The maximum absolute atomic E-state index is 10.7. The molecule has 0 saturated heterocycles. The van der Waals surface area contributed by atoms with Gasteiger partial charge in [0.1, 0.15) is 0 Å². The Morgan fingerprint density at radius 2 is 1.92 bits per heavy atom. The highest BCUT2D eigenvalue weighted by Crippen LogP contribution is 1.87. The van der Waals surface area contributed by atoms with E-state index in [1.807, 2.05) is 5.48 Å². The van der Waals surface area contributed by atoms with E-state index in [0.717, 1.165) is 0 Å². The molecule has 0 atom stereocenters. The summed E-state index contributed by atoms with van der Waals surface area (Å²) in [6.07, 6.45) is -0.486. The highest BCUT2D eigenvalue weighted by atomic mass is 16.7. The summed E-state index contributed by atoms with van der Waals surface area (Å²) in [5.41, 5.74) is 6.56. The first-order valence-electron chi connectivity index (χ1n) is 3.43. The number of aliphatic carboxylic acids is 1. The van der Waals surface area contributed by atoms with Gasteiger partial charge in [0.2, 0.25) is 11.8 Å². The third-order valence-corrected chi connectivity index (χ3v) is 0.966. The predicted octanol–water partition coefficient (Wildman–Crippen LogP) is -1.62. The summed E-state index contributed by atoms with van der Waals surface area (Å²) in [6, 6.07) is 0. The van der Waals surface area contributed by atoms with Crippen LogP contribution in [0, 0.1) is 0 Å². The van der Waals surface area contributed by atoms with Crippen molar-refractivity contribution in [3.05, 3.63) is 0 Å². The first-order valence-corrected chi connectivity index (χ1v) is 3.43. The lowest BCUT2D eigenvalue weighted by Gasteiger charge is -2.01. The van der Waals surface area contributed by atoms with Crippen molar-refractivity contribution in [2.45, 2.75) is 12.8 Å². The molecule has 0 aromatic carbocycles. The smallest absolute Gasteiger partial charge is 0.303 e. The summed E-state index contributed by atoms with van der Waals surface area (Å²) in [7, 11) is 0. The quantitative estimate of drug-likeness (QED) is 0.435. The van der Waals surface area contributed by atoms with Gasteiger partial charge in [0.15, 0.2) is 6.61 Å². The summed E-state index contributed by atoms with van der Waals surface area (Å²) in [6.45, 7) is -0.432. The minimum atomic E-state index is -1.08. The van der Waals surface area contributed by atoms with Gasteiger partial charge in [0.25, 0.3) is 0 Å². The molecule has 0 unspecified atom stereocenters. The Bertz CT molecular complexity index is 215. The van der Waals surface area contributed by atoms with Crippen LogP contribution in [0.1, 0.15) is 12.8 Å². The summed E-state index contributed by atoms with van der Waals surface area (Å²) < 4.78 is 0. The number of carboxylic acid groups (broad SMARTS) is 1. The van der Waals surface area contributed by atoms with E-state index < -0.39 is 24.4 Å². The van der Waals surface area contributed by atoms with E-state index in [9.17, 15) is 14.4 Å². The molecule has 74 valence electrons. The topological polar surface area (TPSA) is 119 Å². The number of hydrogen-bond donors (Lipinski definition) is 3. The Labute approximate surface area is 73.8 Å². The number of carbonyl (C=O) groups is 3. The van der Waals surface area contributed by atoms with Gasteiger partial charge in [-0.25, -0.2) is 5.48 Å². The third-order valence-electron chi connectivity index (χ3n) is 0.966. The largest absolute Gasteiger partial charge is 0.481 e. The number of nitrogens with one attached hydrogen (secondary N) is 1. The number of carboxylic acids is 1. The number of amides is 2. The average Bonchev–Trinajstić information content (AvgIpc) is 2.00.